The maximum absolute atomic E-state index is 13.6. The number of hydrogen-bond acceptors (Lipinski definition) is 2. The molecule has 2 atom stereocenters. The van der Waals surface area contributed by atoms with Crippen molar-refractivity contribution in [1.29, 1.82) is 0 Å². The van der Waals surface area contributed by atoms with Gasteiger partial charge in [-0.3, -0.25) is 4.90 Å². The Labute approximate surface area is 140 Å². The first-order valence-electron chi connectivity index (χ1n) is 7.62. The number of fused-ring (bicyclic) bond motifs is 4. The number of anilines is 1. The minimum absolute atomic E-state index is 0.0343. The predicted octanol–water partition coefficient (Wildman–Crippen LogP) is 4.07. The van der Waals surface area contributed by atoms with Crippen LogP contribution in [0.3, 0.4) is 0 Å². The number of aryl methyl sites for hydroxylation is 1. The van der Waals surface area contributed by atoms with E-state index in [9.17, 15) is 4.39 Å². The Morgan fingerprint density at radius 3 is 2.91 bits per heavy atom. The van der Waals surface area contributed by atoms with Crippen molar-refractivity contribution in [2.45, 2.75) is 32.0 Å². The Kier molecular flexibility index (Phi) is 3.10. The molecule has 4 rings (SSSR count). The molecular formula is C18H17FN2OS. The van der Waals surface area contributed by atoms with E-state index in [4.69, 9.17) is 17.0 Å². The van der Waals surface area contributed by atoms with Gasteiger partial charge in [0, 0.05) is 17.7 Å². The smallest absolute Gasteiger partial charge is 0.188 e. The highest BCUT2D eigenvalue weighted by atomic mass is 32.1. The summed E-state index contributed by atoms with van der Waals surface area (Å²) in [4.78, 5) is 2.01. The summed E-state index contributed by atoms with van der Waals surface area (Å²) >= 11 is 5.58. The summed E-state index contributed by atoms with van der Waals surface area (Å²) < 4.78 is 19.8. The number of benzene rings is 2. The van der Waals surface area contributed by atoms with Crippen LogP contribution < -0.4 is 15.0 Å². The van der Waals surface area contributed by atoms with Crippen LogP contribution in [0.4, 0.5) is 10.1 Å². The van der Waals surface area contributed by atoms with Gasteiger partial charge in [-0.15, -0.1) is 0 Å². The molecule has 1 saturated heterocycles. The first-order valence-corrected chi connectivity index (χ1v) is 8.03. The van der Waals surface area contributed by atoms with Crippen molar-refractivity contribution in [2.75, 3.05) is 4.90 Å². The van der Waals surface area contributed by atoms with Crippen LogP contribution in [0.1, 0.15) is 30.5 Å². The molecule has 2 aliphatic heterocycles. The number of thiocarbonyl (C=S) groups is 1. The highest BCUT2D eigenvalue weighted by molar-refractivity contribution is 7.80. The second-order valence-corrected chi connectivity index (χ2v) is 6.73. The topological polar surface area (TPSA) is 24.5 Å². The average molecular weight is 328 g/mol. The summed E-state index contributed by atoms with van der Waals surface area (Å²) in [6, 6.07) is 12.8. The van der Waals surface area contributed by atoms with Crippen molar-refractivity contribution in [2.24, 2.45) is 0 Å². The van der Waals surface area contributed by atoms with Crippen LogP contribution in [0, 0.1) is 12.7 Å². The van der Waals surface area contributed by atoms with Gasteiger partial charge in [-0.1, -0.05) is 12.1 Å². The Morgan fingerprint density at radius 2 is 2.13 bits per heavy atom. The molecule has 0 radical (unpaired) electrons. The minimum atomic E-state index is -0.592. The van der Waals surface area contributed by atoms with Gasteiger partial charge in [0.05, 0.1) is 6.04 Å². The van der Waals surface area contributed by atoms with E-state index < -0.39 is 5.72 Å². The van der Waals surface area contributed by atoms with Crippen molar-refractivity contribution < 1.29 is 9.13 Å². The van der Waals surface area contributed by atoms with E-state index in [1.165, 1.54) is 12.1 Å². The van der Waals surface area contributed by atoms with Crippen LogP contribution in [0.25, 0.3) is 0 Å². The lowest BCUT2D eigenvalue weighted by atomic mass is 9.90. The molecular weight excluding hydrogens is 311 g/mol. The standard InChI is InChI=1S/C18H17FN2OS/c1-11-4-3-5-13(8-11)21-17(23)20-15-10-18(21,2)22-16-7-6-12(19)9-14(15)16/h3-9,15H,10H2,1-2H3,(H,20,23)/t15-,18-/m0/s1. The lowest BCUT2D eigenvalue weighted by Crippen LogP contribution is -2.65. The molecule has 0 unspecified atom stereocenters. The molecule has 2 heterocycles. The number of nitrogens with one attached hydrogen (secondary N) is 1. The largest absolute Gasteiger partial charge is 0.467 e. The highest BCUT2D eigenvalue weighted by Crippen LogP contribution is 2.45. The minimum Gasteiger partial charge on any atom is -0.467 e. The summed E-state index contributed by atoms with van der Waals surface area (Å²) in [7, 11) is 0. The third-order valence-corrected chi connectivity index (χ3v) is 4.79. The van der Waals surface area contributed by atoms with Crippen LogP contribution in [0.15, 0.2) is 42.5 Å². The van der Waals surface area contributed by atoms with Crippen molar-refractivity contribution >= 4 is 23.0 Å². The van der Waals surface area contributed by atoms with Crippen molar-refractivity contribution in [1.82, 2.24) is 5.32 Å². The predicted molar refractivity (Wildman–Crippen MR) is 92.2 cm³/mol. The number of halogens is 1. The van der Waals surface area contributed by atoms with Crippen LogP contribution >= 0.6 is 12.2 Å². The third-order valence-electron chi connectivity index (χ3n) is 4.49. The van der Waals surface area contributed by atoms with Gasteiger partial charge in [-0.05, 0) is 62.0 Å². The summed E-state index contributed by atoms with van der Waals surface area (Å²) in [6.45, 7) is 4.08. The Bertz CT molecular complexity index is 809. The Hall–Kier alpha value is -2.14. The fourth-order valence-corrected chi connectivity index (χ4v) is 3.94. The molecule has 2 aliphatic rings. The zero-order chi connectivity index (χ0) is 16.2. The zero-order valence-electron chi connectivity index (χ0n) is 13.0. The van der Waals surface area contributed by atoms with Crippen LogP contribution in [0.5, 0.6) is 5.75 Å². The molecule has 2 aromatic carbocycles. The molecule has 2 aromatic rings. The number of rotatable bonds is 1. The Balaban J connectivity index is 1.81. The van der Waals surface area contributed by atoms with Crippen LogP contribution in [-0.2, 0) is 0 Å². The summed E-state index contributed by atoms with van der Waals surface area (Å²) in [5.74, 6) is 0.447. The van der Waals surface area contributed by atoms with E-state index in [1.54, 1.807) is 6.07 Å². The van der Waals surface area contributed by atoms with Gasteiger partial charge in [0.25, 0.3) is 0 Å². The van der Waals surface area contributed by atoms with Crippen molar-refractivity contribution in [3.05, 3.63) is 59.4 Å². The fraction of sp³-hybridized carbons (Fsp3) is 0.278. The van der Waals surface area contributed by atoms with E-state index in [0.717, 1.165) is 16.8 Å². The van der Waals surface area contributed by atoms with E-state index in [1.807, 2.05) is 24.0 Å². The van der Waals surface area contributed by atoms with E-state index >= 15 is 0 Å². The summed E-state index contributed by atoms with van der Waals surface area (Å²) in [6.07, 6.45) is 0.692. The molecule has 0 amide bonds. The highest BCUT2D eigenvalue weighted by Gasteiger charge is 2.48. The average Bonchev–Trinajstić information content (AvgIpc) is 2.47. The molecule has 3 nitrogen and oxygen atoms in total. The summed E-state index contributed by atoms with van der Waals surface area (Å²) in [5, 5.41) is 3.94. The van der Waals surface area contributed by atoms with Crippen LogP contribution in [-0.4, -0.2) is 10.8 Å². The monoisotopic (exact) mass is 328 g/mol. The van der Waals surface area contributed by atoms with Gasteiger partial charge in [0.15, 0.2) is 10.8 Å². The van der Waals surface area contributed by atoms with Gasteiger partial charge >= 0.3 is 0 Å². The molecule has 0 aliphatic carbocycles. The maximum Gasteiger partial charge on any atom is 0.188 e. The quantitative estimate of drug-likeness (QED) is 0.798. The number of nitrogens with zero attached hydrogens (tertiary/aromatic N) is 1. The molecule has 1 N–H and O–H groups in total. The van der Waals surface area contributed by atoms with E-state index in [-0.39, 0.29) is 11.9 Å². The molecule has 0 aromatic heterocycles. The molecule has 5 heteroatoms. The van der Waals surface area contributed by atoms with Crippen molar-refractivity contribution in [3.63, 3.8) is 0 Å². The second-order valence-electron chi connectivity index (χ2n) is 6.34. The number of hydrogen-bond donors (Lipinski definition) is 1. The number of ether oxygens (including phenoxy) is 1. The van der Waals surface area contributed by atoms with Gasteiger partial charge in [0.1, 0.15) is 11.6 Å². The molecule has 0 spiro atoms. The third kappa shape index (κ3) is 2.27. The van der Waals surface area contributed by atoms with Gasteiger partial charge in [-0.25, -0.2) is 4.39 Å². The molecule has 0 saturated carbocycles. The first-order chi connectivity index (χ1) is 11.0. The summed E-state index contributed by atoms with van der Waals surface area (Å²) in [5.41, 5.74) is 2.39. The van der Waals surface area contributed by atoms with Gasteiger partial charge < -0.3 is 10.1 Å². The first kappa shape index (κ1) is 14.5. The van der Waals surface area contributed by atoms with Crippen LogP contribution in [0.2, 0.25) is 0 Å². The molecule has 23 heavy (non-hydrogen) atoms. The molecule has 118 valence electrons. The van der Waals surface area contributed by atoms with Gasteiger partial charge in [0.2, 0.25) is 0 Å². The van der Waals surface area contributed by atoms with Crippen molar-refractivity contribution in [3.8, 4) is 5.75 Å². The van der Waals surface area contributed by atoms with Gasteiger partial charge in [-0.2, -0.15) is 0 Å². The lowest BCUT2D eigenvalue weighted by Gasteiger charge is -2.52. The Morgan fingerprint density at radius 1 is 1.30 bits per heavy atom. The molecule has 1 fully saturated rings. The fourth-order valence-electron chi connectivity index (χ4n) is 3.50. The zero-order valence-corrected chi connectivity index (χ0v) is 13.8. The van der Waals surface area contributed by atoms with E-state index in [2.05, 4.69) is 24.4 Å². The van der Waals surface area contributed by atoms with E-state index in [0.29, 0.717) is 17.3 Å². The second kappa shape index (κ2) is 4.93. The SMILES string of the molecule is Cc1cccc(N2C(=S)N[C@H]3C[C@]2(C)Oc2ccc(F)cc23)c1. The lowest BCUT2D eigenvalue weighted by molar-refractivity contribution is 0.0495. The normalized spacial score (nSPS) is 25.4. The molecule has 2 bridgehead atoms. The maximum atomic E-state index is 13.6.